The molecule has 4 heteroatoms. The van der Waals surface area contributed by atoms with Crippen LogP contribution in [0.2, 0.25) is 0 Å². The minimum absolute atomic E-state index is 0.223. The molecule has 1 N–H and O–H groups in total. The van der Waals surface area contributed by atoms with Gasteiger partial charge in [-0.3, -0.25) is 9.80 Å². The molecule has 0 radical (unpaired) electrons. The zero-order chi connectivity index (χ0) is 15.2. The van der Waals surface area contributed by atoms with Gasteiger partial charge in [0.05, 0.1) is 0 Å². The first-order chi connectivity index (χ1) is 9.31. The predicted octanol–water partition coefficient (Wildman–Crippen LogP) is 1.33. The Morgan fingerprint density at radius 1 is 1.10 bits per heavy atom. The molecule has 0 aliphatic carbocycles. The first-order valence-corrected chi connectivity index (χ1v) is 8.18. The van der Waals surface area contributed by atoms with E-state index in [1.54, 1.807) is 0 Å². The smallest absolute Gasteiger partial charge is 0.0219 e. The van der Waals surface area contributed by atoms with Gasteiger partial charge in [0.1, 0.15) is 0 Å². The summed E-state index contributed by atoms with van der Waals surface area (Å²) in [5.74, 6) is 0. The quantitative estimate of drug-likeness (QED) is 0.761. The van der Waals surface area contributed by atoms with Crippen molar-refractivity contribution in [2.45, 2.75) is 45.7 Å². The summed E-state index contributed by atoms with van der Waals surface area (Å²) in [6.07, 6.45) is 1.24. The van der Waals surface area contributed by atoms with Gasteiger partial charge in [-0.05, 0) is 41.3 Å². The summed E-state index contributed by atoms with van der Waals surface area (Å²) in [5, 5.41) is 3.66. The Kier molecular flexibility index (Phi) is 7.45. The van der Waals surface area contributed by atoms with Crippen LogP contribution in [0.5, 0.6) is 0 Å². The molecule has 1 unspecified atom stereocenters. The molecule has 0 aromatic carbocycles. The van der Waals surface area contributed by atoms with E-state index in [0.717, 1.165) is 6.54 Å². The summed E-state index contributed by atoms with van der Waals surface area (Å²) >= 11 is 0. The monoisotopic (exact) mass is 284 g/mol. The highest BCUT2D eigenvalue weighted by molar-refractivity contribution is 4.82. The molecule has 0 amide bonds. The Morgan fingerprint density at radius 2 is 1.70 bits per heavy atom. The molecule has 1 heterocycles. The second kappa shape index (κ2) is 8.32. The highest BCUT2D eigenvalue weighted by Gasteiger charge is 2.23. The Labute approximate surface area is 126 Å². The number of likely N-dealkylation sites (N-methyl/N-ethyl adjacent to an activating group) is 1. The molecule has 0 saturated carbocycles. The van der Waals surface area contributed by atoms with Gasteiger partial charge in [-0.1, -0.05) is 6.92 Å². The van der Waals surface area contributed by atoms with Crippen molar-refractivity contribution in [1.29, 1.82) is 0 Å². The number of nitrogens with one attached hydrogen (secondary N) is 1. The maximum atomic E-state index is 3.66. The fourth-order valence-electron chi connectivity index (χ4n) is 2.65. The molecule has 0 bridgehead atoms. The van der Waals surface area contributed by atoms with E-state index in [-0.39, 0.29) is 5.54 Å². The van der Waals surface area contributed by atoms with Crippen LogP contribution in [0.15, 0.2) is 0 Å². The molecule has 1 aliphatic heterocycles. The van der Waals surface area contributed by atoms with Crippen molar-refractivity contribution in [3.63, 3.8) is 0 Å². The molecule has 0 spiro atoms. The summed E-state index contributed by atoms with van der Waals surface area (Å²) < 4.78 is 0. The maximum absolute atomic E-state index is 3.66. The largest absolute Gasteiger partial charge is 0.311 e. The molecule has 1 atom stereocenters. The van der Waals surface area contributed by atoms with E-state index in [1.807, 2.05) is 0 Å². The van der Waals surface area contributed by atoms with Gasteiger partial charge < -0.3 is 10.2 Å². The second-order valence-corrected chi connectivity index (χ2v) is 7.37. The van der Waals surface area contributed by atoms with Crippen LogP contribution >= 0.6 is 0 Å². The number of rotatable bonds is 7. The molecule has 120 valence electrons. The van der Waals surface area contributed by atoms with Gasteiger partial charge in [0.15, 0.2) is 0 Å². The number of hydrogen-bond acceptors (Lipinski definition) is 4. The van der Waals surface area contributed by atoms with Gasteiger partial charge >= 0.3 is 0 Å². The highest BCUT2D eigenvalue weighted by atomic mass is 15.3. The lowest BCUT2D eigenvalue weighted by atomic mass is 10.1. The molecular formula is C16H36N4. The van der Waals surface area contributed by atoms with Gasteiger partial charge in [-0.2, -0.15) is 0 Å². The van der Waals surface area contributed by atoms with Gasteiger partial charge in [0.25, 0.3) is 0 Å². The third kappa shape index (κ3) is 7.02. The Morgan fingerprint density at radius 3 is 2.15 bits per heavy atom. The van der Waals surface area contributed by atoms with Crippen molar-refractivity contribution in [1.82, 2.24) is 20.0 Å². The van der Waals surface area contributed by atoms with Crippen LogP contribution in [-0.2, 0) is 0 Å². The van der Waals surface area contributed by atoms with Crippen LogP contribution < -0.4 is 5.32 Å². The molecule has 20 heavy (non-hydrogen) atoms. The second-order valence-electron chi connectivity index (χ2n) is 7.37. The fraction of sp³-hybridized carbons (Fsp3) is 1.00. The summed E-state index contributed by atoms with van der Waals surface area (Å²) in [7, 11) is 4.31. The number of hydrogen-bond donors (Lipinski definition) is 1. The summed E-state index contributed by atoms with van der Waals surface area (Å²) in [4.78, 5) is 7.54. The summed E-state index contributed by atoms with van der Waals surface area (Å²) in [6, 6.07) is 0.685. The van der Waals surface area contributed by atoms with Gasteiger partial charge in [0.2, 0.25) is 0 Å². The lowest BCUT2D eigenvalue weighted by molar-refractivity contribution is 0.0865. The van der Waals surface area contributed by atoms with Gasteiger partial charge in [-0.15, -0.1) is 0 Å². The lowest BCUT2D eigenvalue weighted by Crippen LogP contribution is -2.54. The molecule has 0 aromatic rings. The molecule has 0 aromatic heterocycles. The topological polar surface area (TPSA) is 21.8 Å². The normalized spacial score (nSPS) is 20.6. The van der Waals surface area contributed by atoms with Crippen molar-refractivity contribution in [2.75, 3.05) is 59.9 Å². The predicted molar refractivity (Wildman–Crippen MR) is 88.4 cm³/mol. The summed E-state index contributed by atoms with van der Waals surface area (Å²) in [5.41, 5.74) is 0.223. The van der Waals surface area contributed by atoms with Crippen LogP contribution in [0, 0.1) is 0 Å². The average molecular weight is 284 g/mol. The molecule has 1 saturated heterocycles. The van der Waals surface area contributed by atoms with Crippen molar-refractivity contribution < 1.29 is 0 Å². The fourth-order valence-corrected chi connectivity index (χ4v) is 2.65. The minimum atomic E-state index is 0.223. The van der Waals surface area contributed by atoms with Crippen molar-refractivity contribution in [2.24, 2.45) is 0 Å². The first kappa shape index (κ1) is 17.9. The highest BCUT2D eigenvalue weighted by Crippen LogP contribution is 2.10. The van der Waals surface area contributed by atoms with Gasteiger partial charge in [-0.25, -0.2) is 0 Å². The minimum Gasteiger partial charge on any atom is -0.311 e. The van der Waals surface area contributed by atoms with Crippen LogP contribution in [0.1, 0.15) is 34.1 Å². The van der Waals surface area contributed by atoms with E-state index in [2.05, 4.69) is 61.8 Å². The van der Waals surface area contributed by atoms with Crippen LogP contribution in [0.3, 0.4) is 0 Å². The van der Waals surface area contributed by atoms with Crippen LogP contribution in [0.25, 0.3) is 0 Å². The summed E-state index contributed by atoms with van der Waals surface area (Å²) in [6.45, 7) is 17.4. The van der Waals surface area contributed by atoms with E-state index in [0.29, 0.717) is 6.04 Å². The Bertz CT molecular complexity index is 252. The first-order valence-electron chi connectivity index (χ1n) is 8.18. The zero-order valence-electron chi connectivity index (χ0n) is 14.6. The Hall–Kier alpha value is -0.160. The average Bonchev–Trinajstić information content (AvgIpc) is 2.37. The molecule has 1 rings (SSSR count). The zero-order valence-corrected chi connectivity index (χ0v) is 14.6. The van der Waals surface area contributed by atoms with Gasteiger partial charge in [0, 0.05) is 57.4 Å². The van der Waals surface area contributed by atoms with Crippen molar-refractivity contribution in [3.05, 3.63) is 0 Å². The van der Waals surface area contributed by atoms with Crippen molar-refractivity contribution >= 4 is 0 Å². The van der Waals surface area contributed by atoms with E-state index in [1.165, 1.54) is 45.7 Å². The van der Waals surface area contributed by atoms with E-state index < -0.39 is 0 Å². The maximum Gasteiger partial charge on any atom is 0.0219 e. The van der Waals surface area contributed by atoms with E-state index in [4.69, 9.17) is 0 Å². The molecular weight excluding hydrogens is 248 g/mol. The number of piperazine rings is 1. The standard InChI is InChI=1S/C16H36N4/c1-7-15(14-17-16(2,3)4)20-12-10-19(11-13-20)9-8-18(5)6/h15,17H,7-14H2,1-6H3. The SMILES string of the molecule is CCC(CNC(C)(C)C)N1CCN(CCN(C)C)CC1. The van der Waals surface area contributed by atoms with Crippen LogP contribution in [0.4, 0.5) is 0 Å². The van der Waals surface area contributed by atoms with E-state index >= 15 is 0 Å². The van der Waals surface area contributed by atoms with E-state index in [9.17, 15) is 0 Å². The molecule has 1 aliphatic rings. The van der Waals surface area contributed by atoms with Crippen LogP contribution in [-0.4, -0.2) is 86.2 Å². The van der Waals surface area contributed by atoms with Crippen molar-refractivity contribution in [3.8, 4) is 0 Å². The third-order valence-electron chi connectivity index (χ3n) is 4.13. The number of nitrogens with zero attached hydrogens (tertiary/aromatic N) is 3. The molecule has 4 nitrogen and oxygen atoms in total. The third-order valence-corrected chi connectivity index (χ3v) is 4.13. The molecule has 1 fully saturated rings. The Balaban J connectivity index is 2.31. The lowest BCUT2D eigenvalue weighted by Gasteiger charge is -2.40.